The molecule has 222 valence electrons. The number of esters is 1. The van der Waals surface area contributed by atoms with E-state index in [2.05, 4.69) is 0 Å². The number of rotatable bonds is 10. The van der Waals surface area contributed by atoms with Crippen LogP contribution in [0.25, 0.3) is 22.1 Å². The summed E-state index contributed by atoms with van der Waals surface area (Å²) in [5.41, 5.74) is 2.27. The number of methoxy groups -OCH3 is 1. The molecule has 1 aliphatic carbocycles. The van der Waals surface area contributed by atoms with Gasteiger partial charge in [-0.2, -0.15) is 13.2 Å². The van der Waals surface area contributed by atoms with Crippen molar-refractivity contribution in [2.45, 2.75) is 38.0 Å². The minimum atomic E-state index is -4.56. The molecule has 0 fully saturated rings. The maximum absolute atomic E-state index is 14.1. The van der Waals surface area contributed by atoms with Gasteiger partial charge in [0, 0.05) is 23.3 Å². The molecule has 42 heavy (non-hydrogen) atoms. The van der Waals surface area contributed by atoms with Crippen LogP contribution in [0.5, 0.6) is 11.5 Å². The highest BCUT2D eigenvalue weighted by Gasteiger charge is 2.38. The summed E-state index contributed by atoms with van der Waals surface area (Å²) in [6.07, 6.45) is -1.10. The van der Waals surface area contributed by atoms with E-state index < -0.39 is 27.7 Å². The second-order valence-corrected chi connectivity index (χ2v) is 12.5. The minimum absolute atomic E-state index is 0.00871. The van der Waals surface area contributed by atoms with Crippen LogP contribution >= 0.6 is 0 Å². The third kappa shape index (κ3) is 6.56. The Bertz CT molecular complexity index is 1710. The van der Waals surface area contributed by atoms with E-state index in [1.54, 1.807) is 42.5 Å². The number of carbonyl (C=O) groups excluding carboxylic acids is 1. The summed E-state index contributed by atoms with van der Waals surface area (Å²) in [5, 5.41) is 0.750. The van der Waals surface area contributed by atoms with E-state index in [9.17, 15) is 26.4 Å². The molecule has 1 atom stereocenters. The molecule has 4 aromatic rings. The molecule has 1 aliphatic rings. The van der Waals surface area contributed by atoms with Crippen molar-refractivity contribution < 1.29 is 45.0 Å². The molecule has 0 amide bonds. The van der Waals surface area contributed by atoms with Crippen molar-refractivity contribution >= 4 is 26.8 Å². The molecule has 1 aromatic heterocycles. The number of benzene rings is 3. The van der Waals surface area contributed by atoms with Crippen LogP contribution in [0.3, 0.4) is 0 Å². The summed E-state index contributed by atoms with van der Waals surface area (Å²) in [6, 6.07) is 14.2. The molecule has 1 heterocycles. The Kier molecular flexibility index (Phi) is 8.23. The van der Waals surface area contributed by atoms with Gasteiger partial charge in [-0.25, -0.2) is 8.42 Å². The van der Waals surface area contributed by atoms with Crippen LogP contribution in [-0.2, 0) is 38.4 Å². The van der Waals surface area contributed by atoms with E-state index in [0.29, 0.717) is 58.6 Å². The summed E-state index contributed by atoms with van der Waals surface area (Å²) in [4.78, 5) is 11.7. The van der Waals surface area contributed by atoms with Crippen molar-refractivity contribution in [2.75, 3.05) is 25.7 Å². The molecule has 0 spiro atoms. The largest absolute Gasteiger partial charge is 0.494 e. The molecule has 0 N–H and O–H groups in total. The standard InChI is InChI=1S/C31H29F3O7S/c1-38-29(35)16-20-18-40-28-17-22(8-9-23(20)28)41-27-13-11-25-24(27)10-12-26(31(32,33)34)30(25)19-4-6-21(7-5-19)39-14-3-15-42(2,36)37/h4-10,12,17-18,27H,3,11,13-16H2,1-2H3. The number of fused-ring (bicyclic) bond motifs is 2. The van der Waals surface area contributed by atoms with Crippen LogP contribution in [0.15, 0.2) is 65.3 Å². The first-order valence-corrected chi connectivity index (χ1v) is 15.4. The summed E-state index contributed by atoms with van der Waals surface area (Å²) in [5.74, 6) is 0.544. The summed E-state index contributed by atoms with van der Waals surface area (Å²) in [6.45, 7) is 0.177. The number of alkyl halides is 3. The number of furan rings is 1. The Hall–Kier alpha value is -3.99. The maximum atomic E-state index is 14.1. The number of hydrogen-bond donors (Lipinski definition) is 0. The second kappa shape index (κ2) is 11.7. The average molecular weight is 603 g/mol. The van der Waals surface area contributed by atoms with E-state index in [-0.39, 0.29) is 30.3 Å². The predicted molar refractivity (Wildman–Crippen MR) is 150 cm³/mol. The molecule has 0 aliphatic heterocycles. The Morgan fingerprint density at radius 1 is 1.05 bits per heavy atom. The lowest BCUT2D eigenvalue weighted by atomic mass is 9.91. The number of halogens is 3. The minimum Gasteiger partial charge on any atom is -0.494 e. The molecular weight excluding hydrogens is 573 g/mol. The van der Waals surface area contributed by atoms with Gasteiger partial charge in [0.2, 0.25) is 0 Å². The lowest BCUT2D eigenvalue weighted by Gasteiger charge is -2.20. The first kappa shape index (κ1) is 29.5. The monoisotopic (exact) mass is 602 g/mol. The van der Waals surface area contributed by atoms with Crippen LogP contribution in [0.2, 0.25) is 0 Å². The third-order valence-corrected chi connectivity index (χ3v) is 8.23. The van der Waals surface area contributed by atoms with Crippen LogP contribution in [0, 0.1) is 0 Å². The van der Waals surface area contributed by atoms with E-state index in [0.717, 1.165) is 17.7 Å². The van der Waals surface area contributed by atoms with Crippen molar-refractivity contribution in [1.29, 1.82) is 0 Å². The fourth-order valence-corrected chi connectivity index (χ4v) is 5.89. The molecule has 7 nitrogen and oxygen atoms in total. The molecule has 5 rings (SSSR count). The van der Waals surface area contributed by atoms with Gasteiger partial charge < -0.3 is 18.6 Å². The fourth-order valence-electron chi connectivity index (χ4n) is 5.25. The zero-order valence-corrected chi connectivity index (χ0v) is 23.8. The average Bonchev–Trinajstić information content (AvgIpc) is 3.53. The van der Waals surface area contributed by atoms with Gasteiger partial charge in [0.05, 0.1) is 37.7 Å². The quantitative estimate of drug-likeness (QED) is 0.147. The van der Waals surface area contributed by atoms with Gasteiger partial charge in [0.15, 0.2) is 0 Å². The first-order valence-electron chi connectivity index (χ1n) is 13.3. The zero-order chi connectivity index (χ0) is 30.1. The smallest absolute Gasteiger partial charge is 0.417 e. The molecule has 0 saturated carbocycles. The topological polar surface area (TPSA) is 92.0 Å². The van der Waals surface area contributed by atoms with Crippen LogP contribution < -0.4 is 9.47 Å². The van der Waals surface area contributed by atoms with Crippen molar-refractivity contribution in [1.82, 2.24) is 0 Å². The SMILES string of the molecule is COC(=O)Cc1coc2cc(OC3CCc4c3ccc(C(F)(F)F)c4-c3ccc(OCCCS(C)(=O)=O)cc3)ccc12. The van der Waals surface area contributed by atoms with E-state index in [1.165, 1.54) is 19.4 Å². The lowest BCUT2D eigenvalue weighted by molar-refractivity contribution is -0.140. The molecule has 3 aromatic carbocycles. The van der Waals surface area contributed by atoms with Crippen molar-refractivity contribution in [3.8, 4) is 22.6 Å². The normalized spacial score (nSPS) is 15.0. The molecule has 0 radical (unpaired) electrons. The van der Waals surface area contributed by atoms with Crippen LogP contribution in [-0.4, -0.2) is 40.1 Å². The zero-order valence-electron chi connectivity index (χ0n) is 23.0. The summed E-state index contributed by atoms with van der Waals surface area (Å²) < 4.78 is 87.2. The fraction of sp³-hybridized carbons (Fsp3) is 0.323. The second-order valence-electron chi connectivity index (χ2n) is 10.2. The van der Waals surface area contributed by atoms with Gasteiger partial charge in [0.1, 0.15) is 33.0 Å². The van der Waals surface area contributed by atoms with Gasteiger partial charge in [-0.3, -0.25) is 4.79 Å². The van der Waals surface area contributed by atoms with Gasteiger partial charge in [0.25, 0.3) is 0 Å². The third-order valence-electron chi connectivity index (χ3n) is 7.20. The lowest BCUT2D eigenvalue weighted by Crippen LogP contribution is -2.10. The Morgan fingerprint density at radius 2 is 1.79 bits per heavy atom. The van der Waals surface area contributed by atoms with Crippen molar-refractivity contribution in [3.63, 3.8) is 0 Å². The van der Waals surface area contributed by atoms with Gasteiger partial charge in [-0.1, -0.05) is 18.2 Å². The number of carbonyl (C=O) groups is 1. The Morgan fingerprint density at radius 3 is 2.48 bits per heavy atom. The van der Waals surface area contributed by atoms with E-state index >= 15 is 0 Å². The number of hydrogen-bond acceptors (Lipinski definition) is 7. The predicted octanol–water partition coefficient (Wildman–Crippen LogP) is 6.71. The Labute approximate surface area is 241 Å². The molecule has 1 unspecified atom stereocenters. The summed E-state index contributed by atoms with van der Waals surface area (Å²) in [7, 11) is -1.79. The molecular formula is C31H29F3O7S. The Balaban J connectivity index is 1.39. The molecule has 11 heteroatoms. The first-order chi connectivity index (χ1) is 19.9. The van der Waals surface area contributed by atoms with E-state index in [4.69, 9.17) is 18.6 Å². The molecule has 0 bridgehead atoms. The number of sulfone groups is 1. The highest BCUT2D eigenvalue weighted by atomic mass is 32.2. The van der Waals surface area contributed by atoms with E-state index in [1.807, 2.05) is 0 Å². The number of ether oxygens (including phenoxy) is 3. The van der Waals surface area contributed by atoms with Crippen molar-refractivity contribution in [3.05, 3.63) is 83.1 Å². The summed E-state index contributed by atoms with van der Waals surface area (Å²) >= 11 is 0. The van der Waals surface area contributed by atoms with Gasteiger partial charge >= 0.3 is 12.1 Å². The maximum Gasteiger partial charge on any atom is 0.417 e. The van der Waals surface area contributed by atoms with Crippen LogP contribution in [0.1, 0.15) is 41.2 Å². The highest BCUT2D eigenvalue weighted by Crippen LogP contribution is 2.46. The van der Waals surface area contributed by atoms with Gasteiger partial charge in [-0.05, 0) is 71.8 Å². The van der Waals surface area contributed by atoms with Gasteiger partial charge in [-0.15, -0.1) is 0 Å². The van der Waals surface area contributed by atoms with Crippen LogP contribution in [0.4, 0.5) is 13.2 Å². The molecule has 0 saturated heterocycles. The highest BCUT2D eigenvalue weighted by molar-refractivity contribution is 7.90. The van der Waals surface area contributed by atoms with Crippen molar-refractivity contribution in [2.24, 2.45) is 0 Å².